The molecule has 3 N–H and O–H groups in total. The van der Waals surface area contributed by atoms with Crippen LogP contribution in [-0.2, 0) is 0 Å². The van der Waals surface area contributed by atoms with Crippen molar-refractivity contribution in [3.05, 3.63) is 65.1 Å². The summed E-state index contributed by atoms with van der Waals surface area (Å²) in [5.41, 5.74) is 1.98. The van der Waals surface area contributed by atoms with Crippen LogP contribution < -0.4 is 16.0 Å². The molecule has 0 unspecified atom stereocenters. The highest BCUT2D eigenvalue weighted by Crippen LogP contribution is 2.27. The Labute approximate surface area is 171 Å². The minimum Gasteiger partial charge on any atom is -0.355 e. The first-order valence-electron chi connectivity index (χ1n) is 9.00. The molecule has 1 aromatic carbocycles. The standard InChI is InChI=1S/C20H20F2N6O2/c1-11-6-4-5-7-14(11)25-17-15(9-13(10-24-17)18(29)23-3)26-19(30)16-8-12(2)27-28(16)20(21)22/h4-10,20H,1-3H3,(H,23,29)(H,24,25)(H,26,30). The quantitative estimate of drug-likeness (QED) is 0.572. The molecule has 0 aliphatic heterocycles. The number of para-hydroxylation sites is 1. The third-order valence-electron chi connectivity index (χ3n) is 4.30. The number of amides is 2. The molecule has 0 aliphatic rings. The van der Waals surface area contributed by atoms with Crippen LogP contribution in [0, 0.1) is 13.8 Å². The third kappa shape index (κ3) is 4.43. The largest absolute Gasteiger partial charge is 0.355 e. The zero-order valence-corrected chi connectivity index (χ0v) is 16.5. The van der Waals surface area contributed by atoms with E-state index in [1.54, 1.807) is 0 Å². The Bertz CT molecular complexity index is 1100. The van der Waals surface area contributed by atoms with Crippen molar-refractivity contribution in [2.75, 3.05) is 17.7 Å². The van der Waals surface area contributed by atoms with Crippen molar-refractivity contribution in [3.63, 3.8) is 0 Å². The molecular weight excluding hydrogens is 394 g/mol. The summed E-state index contributed by atoms with van der Waals surface area (Å²) in [4.78, 5) is 28.9. The highest BCUT2D eigenvalue weighted by Gasteiger charge is 2.21. The second-order valence-electron chi connectivity index (χ2n) is 6.49. The summed E-state index contributed by atoms with van der Waals surface area (Å²) < 4.78 is 26.8. The average molecular weight is 414 g/mol. The molecular formula is C20H20F2N6O2. The summed E-state index contributed by atoms with van der Waals surface area (Å²) in [5.74, 6) is -0.960. The van der Waals surface area contributed by atoms with Gasteiger partial charge < -0.3 is 16.0 Å². The molecule has 2 amide bonds. The third-order valence-corrected chi connectivity index (χ3v) is 4.30. The summed E-state index contributed by atoms with van der Waals surface area (Å²) in [6, 6.07) is 10.1. The van der Waals surface area contributed by atoms with Gasteiger partial charge in [0.2, 0.25) is 0 Å². The molecule has 0 aliphatic carbocycles. The number of alkyl halides is 2. The van der Waals surface area contributed by atoms with Crippen LogP contribution in [0.2, 0.25) is 0 Å². The van der Waals surface area contributed by atoms with Crippen molar-refractivity contribution in [1.82, 2.24) is 20.1 Å². The van der Waals surface area contributed by atoms with Gasteiger partial charge in [0.05, 0.1) is 16.9 Å². The Kier molecular flexibility index (Phi) is 6.05. The number of anilines is 3. The van der Waals surface area contributed by atoms with Crippen LogP contribution >= 0.6 is 0 Å². The lowest BCUT2D eigenvalue weighted by atomic mass is 10.2. The maximum atomic E-state index is 13.2. The molecule has 0 atom stereocenters. The highest BCUT2D eigenvalue weighted by atomic mass is 19.3. The van der Waals surface area contributed by atoms with Crippen LogP contribution in [0.4, 0.5) is 26.0 Å². The van der Waals surface area contributed by atoms with Crippen LogP contribution in [0.15, 0.2) is 42.6 Å². The number of pyridine rings is 1. The fourth-order valence-electron chi connectivity index (χ4n) is 2.79. The van der Waals surface area contributed by atoms with Gasteiger partial charge in [-0.25, -0.2) is 4.98 Å². The Balaban J connectivity index is 1.99. The normalized spacial score (nSPS) is 10.7. The highest BCUT2D eigenvalue weighted by molar-refractivity contribution is 6.06. The number of carbonyl (C=O) groups is 2. The van der Waals surface area contributed by atoms with Gasteiger partial charge in [-0.3, -0.25) is 9.59 Å². The van der Waals surface area contributed by atoms with E-state index in [0.717, 1.165) is 11.3 Å². The zero-order chi connectivity index (χ0) is 21.8. The van der Waals surface area contributed by atoms with E-state index in [9.17, 15) is 18.4 Å². The molecule has 0 spiro atoms. The molecule has 156 valence electrons. The molecule has 0 bridgehead atoms. The van der Waals surface area contributed by atoms with Gasteiger partial charge in [-0.05, 0) is 37.6 Å². The van der Waals surface area contributed by atoms with Gasteiger partial charge in [0.1, 0.15) is 5.69 Å². The van der Waals surface area contributed by atoms with E-state index in [1.165, 1.54) is 32.3 Å². The van der Waals surface area contributed by atoms with Crippen molar-refractivity contribution in [2.45, 2.75) is 20.4 Å². The molecule has 0 saturated carbocycles. The minimum absolute atomic E-state index is 0.157. The van der Waals surface area contributed by atoms with Gasteiger partial charge in [0.15, 0.2) is 5.82 Å². The van der Waals surface area contributed by atoms with Crippen molar-refractivity contribution in [1.29, 1.82) is 0 Å². The number of benzene rings is 1. The van der Waals surface area contributed by atoms with Gasteiger partial charge in [0, 0.05) is 18.9 Å². The van der Waals surface area contributed by atoms with Gasteiger partial charge in [-0.2, -0.15) is 18.6 Å². The molecule has 30 heavy (non-hydrogen) atoms. The van der Waals surface area contributed by atoms with Crippen LogP contribution in [0.3, 0.4) is 0 Å². The summed E-state index contributed by atoms with van der Waals surface area (Å²) in [7, 11) is 1.46. The fourth-order valence-corrected chi connectivity index (χ4v) is 2.79. The Morgan fingerprint density at radius 3 is 2.47 bits per heavy atom. The number of rotatable bonds is 6. The molecule has 3 aromatic rings. The summed E-state index contributed by atoms with van der Waals surface area (Å²) in [6.45, 7) is 0.428. The smallest absolute Gasteiger partial charge is 0.333 e. The van der Waals surface area contributed by atoms with Gasteiger partial charge >= 0.3 is 6.55 Å². The number of halogens is 2. The number of hydrogen-bond donors (Lipinski definition) is 3. The molecule has 2 heterocycles. The molecule has 0 saturated heterocycles. The van der Waals surface area contributed by atoms with Crippen LogP contribution in [0.1, 0.15) is 38.7 Å². The predicted molar refractivity (Wildman–Crippen MR) is 108 cm³/mol. The number of carbonyl (C=O) groups excluding carboxylic acids is 2. The van der Waals surface area contributed by atoms with E-state index >= 15 is 0 Å². The monoisotopic (exact) mass is 414 g/mol. The molecule has 8 nitrogen and oxygen atoms in total. The number of aryl methyl sites for hydroxylation is 2. The second kappa shape index (κ2) is 8.68. The maximum absolute atomic E-state index is 13.2. The number of aromatic nitrogens is 3. The summed E-state index contributed by atoms with van der Waals surface area (Å²) in [6.07, 6.45) is 1.35. The summed E-state index contributed by atoms with van der Waals surface area (Å²) >= 11 is 0. The van der Waals surface area contributed by atoms with Crippen molar-refractivity contribution >= 4 is 29.0 Å². The molecule has 2 aromatic heterocycles. The van der Waals surface area contributed by atoms with Crippen LogP contribution in [0.5, 0.6) is 0 Å². The lowest BCUT2D eigenvalue weighted by molar-refractivity contribution is 0.0518. The molecule has 0 fully saturated rings. The molecule has 3 rings (SSSR count). The van der Waals surface area contributed by atoms with E-state index in [2.05, 4.69) is 26.0 Å². The van der Waals surface area contributed by atoms with E-state index in [-0.39, 0.29) is 28.5 Å². The van der Waals surface area contributed by atoms with Gasteiger partial charge in [-0.15, -0.1) is 0 Å². The van der Waals surface area contributed by atoms with Crippen LogP contribution in [0.25, 0.3) is 0 Å². The predicted octanol–water partition coefficient (Wildman–Crippen LogP) is 3.65. The van der Waals surface area contributed by atoms with E-state index < -0.39 is 18.4 Å². The van der Waals surface area contributed by atoms with Crippen LogP contribution in [-0.4, -0.2) is 33.6 Å². The van der Waals surface area contributed by atoms with Crippen molar-refractivity contribution < 1.29 is 18.4 Å². The number of hydrogen-bond acceptors (Lipinski definition) is 5. The Morgan fingerprint density at radius 2 is 1.80 bits per heavy atom. The molecule has 0 radical (unpaired) electrons. The zero-order valence-electron chi connectivity index (χ0n) is 16.5. The lowest BCUT2D eigenvalue weighted by Crippen LogP contribution is -2.21. The number of nitrogens with one attached hydrogen (secondary N) is 3. The Morgan fingerprint density at radius 1 is 1.07 bits per heavy atom. The first-order chi connectivity index (χ1) is 14.3. The summed E-state index contributed by atoms with van der Waals surface area (Å²) in [5, 5.41) is 11.8. The Hall–Kier alpha value is -3.82. The van der Waals surface area contributed by atoms with E-state index in [0.29, 0.717) is 4.68 Å². The maximum Gasteiger partial charge on any atom is 0.333 e. The van der Waals surface area contributed by atoms with Gasteiger partial charge in [-0.1, -0.05) is 18.2 Å². The van der Waals surface area contributed by atoms with E-state index in [4.69, 9.17) is 0 Å². The average Bonchev–Trinajstić information content (AvgIpc) is 3.12. The SMILES string of the molecule is CNC(=O)c1cnc(Nc2ccccc2C)c(NC(=O)c2cc(C)nn2C(F)F)c1. The second-order valence-corrected chi connectivity index (χ2v) is 6.49. The van der Waals surface area contributed by atoms with Crippen molar-refractivity contribution in [3.8, 4) is 0 Å². The first-order valence-corrected chi connectivity index (χ1v) is 9.00. The minimum atomic E-state index is -2.97. The van der Waals surface area contributed by atoms with Crippen molar-refractivity contribution in [2.24, 2.45) is 0 Å². The topological polar surface area (TPSA) is 101 Å². The first kappa shape index (κ1) is 20.9. The van der Waals surface area contributed by atoms with Gasteiger partial charge in [0.25, 0.3) is 11.8 Å². The number of nitrogens with zero attached hydrogens (tertiary/aromatic N) is 3. The lowest BCUT2D eigenvalue weighted by Gasteiger charge is -2.15. The van der Waals surface area contributed by atoms with E-state index in [1.807, 2.05) is 31.2 Å². The molecule has 10 heteroatoms. The fraction of sp³-hybridized carbons (Fsp3) is 0.200.